The molecule has 2 aliphatic rings. The van der Waals surface area contributed by atoms with Crippen molar-refractivity contribution in [1.29, 1.82) is 0 Å². The predicted molar refractivity (Wildman–Crippen MR) is 65.1 cm³/mol. The first-order valence-corrected chi connectivity index (χ1v) is 6.78. The van der Waals surface area contributed by atoms with Gasteiger partial charge in [0.2, 0.25) is 5.91 Å². The monoisotopic (exact) mass is 253 g/mol. The molecule has 2 unspecified atom stereocenters. The summed E-state index contributed by atoms with van der Waals surface area (Å²) in [6.07, 6.45) is 2.50. The molecule has 1 amide bonds. The third kappa shape index (κ3) is 2.48. The first-order chi connectivity index (χ1) is 8.22. The first-order valence-electron chi connectivity index (χ1n) is 5.90. The summed E-state index contributed by atoms with van der Waals surface area (Å²) in [6.45, 7) is 0.489. The van der Waals surface area contributed by atoms with Crippen molar-refractivity contribution in [2.75, 3.05) is 11.9 Å². The van der Waals surface area contributed by atoms with Crippen molar-refractivity contribution in [3.05, 3.63) is 11.1 Å². The molecule has 0 aromatic carbocycles. The number of rotatable bonds is 3. The summed E-state index contributed by atoms with van der Waals surface area (Å²) in [5, 5.41) is 17.8. The predicted octanol–water partition coefficient (Wildman–Crippen LogP) is 0.682. The average molecular weight is 253 g/mol. The van der Waals surface area contributed by atoms with Crippen molar-refractivity contribution in [3.8, 4) is 0 Å². The molecule has 1 aromatic rings. The van der Waals surface area contributed by atoms with Crippen LogP contribution in [0.1, 0.15) is 30.9 Å². The van der Waals surface area contributed by atoms with Gasteiger partial charge < -0.3 is 15.7 Å². The van der Waals surface area contributed by atoms with E-state index < -0.39 is 6.10 Å². The van der Waals surface area contributed by atoms with Gasteiger partial charge in [0.15, 0.2) is 5.13 Å². The summed E-state index contributed by atoms with van der Waals surface area (Å²) >= 11 is 1.47. The molecule has 2 heterocycles. The van der Waals surface area contributed by atoms with Crippen molar-refractivity contribution >= 4 is 22.4 Å². The lowest BCUT2D eigenvalue weighted by Gasteiger charge is -2.08. The number of aliphatic hydroxyl groups is 1. The van der Waals surface area contributed by atoms with Crippen LogP contribution in [-0.2, 0) is 4.79 Å². The molecule has 0 bridgehead atoms. The summed E-state index contributed by atoms with van der Waals surface area (Å²) in [6, 6.07) is -0.293. The largest absolute Gasteiger partial charge is 0.392 e. The van der Waals surface area contributed by atoms with E-state index in [1.54, 1.807) is 0 Å². The van der Waals surface area contributed by atoms with Crippen molar-refractivity contribution in [1.82, 2.24) is 10.3 Å². The maximum atomic E-state index is 11.8. The van der Waals surface area contributed by atoms with Crippen LogP contribution in [0.25, 0.3) is 0 Å². The molecule has 2 atom stereocenters. The molecule has 92 valence electrons. The molecular formula is C11H15N3O2S. The molecule has 5 nitrogen and oxygen atoms in total. The van der Waals surface area contributed by atoms with Gasteiger partial charge in [-0.15, -0.1) is 11.3 Å². The van der Waals surface area contributed by atoms with Gasteiger partial charge in [0.1, 0.15) is 0 Å². The van der Waals surface area contributed by atoms with Crippen LogP contribution in [0.15, 0.2) is 5.38 Å². The number of thiazole rings is 1. The highest BCUT2D eigenvalue weighted by Gasteiger charge is 2.29. The molecule has 1 saturated heterocycles. The van der Waals surface area contributed by atoms with Gasteiger partial charge in [-0.2, -0.15) is 0 Å². The highest BCUT2D eigenvalue weighted by Crippen LogP contribution is 2.40. The minimum atomic E-state index is -0.413. The van der Waals surface area contributed by atoms with Crippen molar-refractivity contribution in [2.45, 2.75) is 37.3 Å². The van der Waals surface area contributed by atoms with Crippen LogP contribution in [0, 0.1) is 0 Å². The SMILES string of the molecule is O=C(Nc1nc(C2CC2)cs1)C1CC(O)CN1. The number of carbonyl (C=O) groups excluding carboxylic acids is 1. The van der Waals surface area contributed by atoms with E-state index in [0.29, 0.717) is 24.0 Å². The third-order valence-corrected chi connectivity index (χ3v) is 3.95. The zero-order valence-electron chi connectivity index (χ0n) is 9.35. The van der Waals surface area contributed by atoms with Crippen LogP contribution >= 0.6 is 11.3 Å². The van der Waals surface area contributed by atoms with Crippen LogP contribution in [0.4, 0.5) is 5.13 Å². The zero-order valence-corrected chi connectivity index (χ0v) is 10.2. The fourth-order valence-electron chi connectivity index (χ4n) is 2.02. The van der Waals surface area contributed by atoms with Gasteiger partial charge >= 0.3 is 0 Å². The van der Waals surface area contributed by atoms with Gasteiger partial charge in [0.25, 0.3) is 0 Å². The molecule has 2 fully saturated rings. The summed E-state index contributed by atoms with van der Waals surface area (Å²) in [5.41, 5.74) is 1.10. The van der Waals surface area contributed by atoms with Crippen molar-refractivity contribution in [2.24, 2.45) is 0 Å². The Bertz CT molecular complexity index is 430. The molecule has 1 aromatic heterocycles. The molecule has 3 rings (SSSR count). The van der Waals surface area contributed by atoms with Crippen LogP contribution in [-0.4, -0.2) is 34.7 Å². The van der Waals surface area contributed by atoms with E-state index in [0.717, 1.165) is 5.69 Å². The molecule has 17 heavy (non-hydrogen) atoms. The lowest BCUT2D eigenvalue weighted by Crippen LogP contribution is -2.35. The van der Waals surface area contributed by atoms with Crippen LogP contribution in [0.3, 0.4) is 0 Å². The number of aliphatic hydroxyl groups excluding tert-OH is 1. The molecular weight excluding hydrogens is 238 g/mol. The maximum absolute atomic E-state index is 11.8. The molecule has 0 radical (unpaired) electrons. The quantitative estimate of drug-likeness (QED) is 0.740. The van der Waals surface area contributed by atoms with Gasteiger partial charge in [-0.25, -0.2) is 4.98 Å². The number of hydrogen-bond donors (Lipinski definition) is 3. The minimum absolute atomic E-state index is 0.0988. The fourth-order valence-corrected chi connectivity index (χ4v) is 2.81. The minimum Gasteiger partial charge on any atom is -0.392 e. The molecule has 3 N–H and O–H groups in total. The van der Waals surface area contributed by atoms with E-state index in [9.17, 15) is 9.90 Å². The Labute approximate surface area is 103 Å². The summed E-state index contributed by atoms with van der Waals surface area (Å²) in [4.78, 5) is 16.2. The number of anilines is 1. The average Bonchev–Trinajstić information content (AvgIpc) is 2.90. The number of nitrogens with zero attached hydrogens (tertiary/aromatic N) is 1. The lowest BCUT2D eigenvalue weighted by molar-refractivity contribution is -0.117. The van der Waals surface area contributed by atoms with E-state index in [1.807, 2.05) is 5.38 Å². The summed E-state index contributed by atoms with van der Waals surface area (Å²) in [7, 11) is 0. The van der Waals surface area contributed by atoms with Gasteiger partial charge in [-0.05, 0) is 19.3 Å². The Hall–Kier alpha value is -0.980. The van der Waals surface area contributed by atoms with Crippen LogP contribution in [0.2, 0.25) is 0 Å². The van der Waals surface area contributed by atoms with Gasteiger partial charge in [0.05, 0.1) is 17.8 Å². The molecule has 6 heteroatoms. The Morgan fingerprint density at radius 3 is 3.06 bits per heavy atom. The summed E-state index contributed by atoms with van der Waals surface area (Å²) in [5.74, 6) is 0.515. The normalized spacial score (nSPS) is 28.3. The molecule has 1 aliphatic heterocycles. The number of nitrogens with one attached hydrogen (secondary N) is 2. The second-order valence-corrected chi connectivity index (χ2v) is 5.55. The van der Waals surface area contributed by atoms with Crippen LogP contribution < -0.4 is 10.6 Å². The standard InChI is InChI=1S/C11H15N3O2S/c15-7-3-8(12-4-7)10(16)14-11-13-9(5-17-11)6-1-2-6/h5-8,12,15H,1-4H2,(H,13,14,16). The molecule has 0 spiro atoms. The smallest absolute Gasteiger partial charge is 0.243 e. The molecule has 1 saturated carbocycles. The van der Waals surface area contributed by atoms with Gasteiger partial charge in [-0.3, -0.25) is 4.79 Å². The number of carbonyl (C=O) groups is 1. The Balaban J connectivity index is 1.59. The topological polar surface area (TPSA) is 74.2 Å². The zero-order chi connectivity index (χ0) is 11.8. The van der Waals surface area contributed by atoms with Crippen molar-refractivity contribution in [3.63, 3.8) is 0 Å². The highest BCUT2D eigenvalue weighted by atomic mass is 32.1. The Kier molecular flexibility index (Phi) is 2.85. The van der Waals surface area contributed by atoms with E-state index in [1.165, 1.54) is 24.2 Å². The lowest BCUT2D eigenvalue weighted by atomic mass is 10.2. The fraction of sp³-hybridized carbons (Fsp3) is 0.636. The summed E-state index contributed by atoms with van der Waals surface area (Å²) < 4.78 is 0. The van der Waals surface area contributed by atoms with Crippen molar-refractivity contribution < 1.29 is 9.90 Å². The Morgan fingerprint density at radius 2 is 2.41 bits per heavy atom. The van der Waals surface area contributed by atoms with Gasteiger partial charge in [0, 0.05) is 17.8 Å². The highest BCUT2D eigenvalue weighted by molar-refractivity contribution is 7.13. The number of amides is 1. The van der Waals surface area contributed by atoms with Crippen LogP contribution in [0.5, 0.6) is 0 Å². The molecule has 1 aliphatic carbocycles. The first kappa shape index (κ1) is 11.1. The third-order valence-electron chi connectivity index (χ3n) is 3.17. The van der Waals surface area contributed by atoms with E-state index >= 15 is 0 Å². The van der Waals surface area contributed by atoms with E-state index in [4.69, 9.17) is 0 Å². The van der Waals surface area contributed by atoms with Gasteiger partial charge in [-0.1, -0.05) is 0 Å². The number of aromatic nitrogens is 1. The van der Waals surface area contributed by atoms with E-state index in [-0.39, 0.29) is 11.9 Å². The second kappa shape index (κ2) is 4.36. The Morgan fingerprint density at radius 1 is 1.59 bits per heavy atom. The number of hydrogen-bond acceptors (Lipinski definition) is 5. The maximum Gasteiger partial charge on any atom is 0.243 e. The second-order valence-electron chi connectivity index (χ2n) is 4.69. The van der Waals surface area contributed by atoms with E-state index in [2.05, 4.69) is 15.6 Å². The number of β-amino-alcohol motifs (C(OH)–C–C–N with tert-alkyl or cyclic N) is 1.